The fourth-order valence-electron chi connectivity index (χ4n) is 2.45. The molecule has 0 saturated carbocycles. The minimum Gasteiger partial charge on any atom is -0.367 e. The van der Waals surface area contributed by atoms with Gasteiger partial charge in [0, 0.05) is 57.6 Å². The Hall–Kier alpha value is -1.33. The number of carbonyl (C=O) groups is 1. The van der Waals surface area contributed by atoms with Crippen LogP contribution in [0.25, 0.3) is 0 Å². The molecule has 1 aliphatic rings. The van der Waals surface area contributed by atoms with Crippen LogP contribution < -0.4 is 5.73 Å². The summed E-state index contributed by atoms with van der Waals surface area (Å²) in [4.78, 5) is 19.1. The molecule has 1 atom stereocenters. The van der Waals surface area contributed by atoms with Gasteiger partial charge in [0.2, 0.25) is 5.91 Å². The third-order valence-corrected chi connectivity index (χ3v) is 3.68. The van der Waals surface area contributed by atoms with E-state index in [0.29, 0.717) is 19.0 Å². The van der Waals surface area contributed by atoms with Crippen molar-refractivity contribution in [2.24, 2.45) is 5.73 Å². The molecule has 1 saturated heterocycles. The molecule has 0 aromatic carbocycles. The lowest BCUT2D eigenvalue weighted by atomic mass is 10.1. The average molecular weight is 250 g/mol. The van der Waals surface area contributed by atoms with Crippen molar-refractivity contribution in [1.82, 2.24) is 14.8 Å². The third-order valence-electron chi connectivity index (χ3n) is 3.68. The van der Waals surface area contributed by atoms with Gasteiger partial charge in [-0.05, 0) is 18.6 Å². The van der Waals surface area contributed by atoms with Crippen molar-refractivity contribution in [1.29, 1.82) is 0 Å². The summed E-state index contributed by atoms with van der Waals surface area (Å²) in [5, 5.41) is 0. The topological polar surface area (TPSA) is 65.4 Å². The van der Waals surface area contributed by atoms with Gasteiger partial charge in [-0.25, -0.2) is 0 Å². The SMILES string of the molecule is CC(c1cc[nH]c1)N1CCN(C(=O)CCN)CC1. The van der Waals surface area contributed by atoms with Crippen molar-refractivity contribution in [3.8, 4) is 0 Å². The number of aromatic nitrogens is 1. The molecule has 1 amide bonds. The molecule has 5 heteroatoms. The van der Waals surface area contributed by atoms with Crippen LogP contribution in [0.1, 0.15) is 24.9 Å². The van der Waals surface area contributed by atoms with Gasteiger partial charge in [0.25, 0.3) is 0 Å². The quantitative estimate of drug-likeness (QED) is 0.821. The Morgan fingerprint density at radius 1 is 1.44 bits per heavy atom. The number of H-pyrrole nitrogens is 1. The van der Waals surface area contributed by atoms with Crippen molar-refractivity contribution < 1.29 is 4.79 Å². The van der Waals surface area contributed by atoms with Crippen LogP contribution in [0.3, 0.4) is 0 Å². The van der Waals surface area contributed by atoms with E-state index >= 15 is 0 Å². The van der Waals surface area contributed by atoms with Gasteiger partial charge in [-0.15, -0.1) is 0 Å². The van der Waals surface area contributed by atoms with Gasteiger partial charge in [0.1, 0.15) is 0 Å². The molecule has 0 radical (unpaired) electrons. The summed E-state index contributed by atoms with van der Waals surface area (Å²) in [5.74, 6) is 0.187. The van der Waals surface area contributed by atoms with Crippen LogP contribution in [-0.4, -0.2) is 53.4 Å². The molecule has 100 valence electrons. The Balaban J connectivity index is 1.85. The Labute approximate surface area is 108 Å². The van der Waals surface area contributed by atoms with Crippen molar-refractivity contribution in [2.45, 2.75) is 19.4 Å². The number of piperazine rings is 1. The Kier molecular flexibility index (Phi) is 4.38. The normalized spacial score (nSPS) is 18.9. The Morgan fingerprint density at radius 2 is 2.17 bits per heavy atom. The van der Waals surface area contributed by atoms with Crippen molar-refractivity contribution >= 4 is 5.91 Å². The molecule has 1 aliphatic heterocycles. The highest BCUT2D eigenvalue weighted by Gasteiger charge is 2.24. The van der Waals surface area contributed by atoms with Crippen LogP contribution in [0, 0.1) is 0 Å². The third kappa shape index (κ3) is 2.91. The summed E-state index contributed by atoms with van der Waals surface area (Å²) in [6.07, 6.45) is 4.46. The van der Waals surface area contributed by atoms with E-state index in [1.165, 1.54) is 5.56 Å². The van der Waals surface area contributed by atoms with Crippen LogP contribution in [0.4, 0.5) is 0 Å². The second-order valence-electron chi connectivity index (χ2n) is 4.78. The van der Waals surface area contributed by atoms with E-state index in [0.717, 1.165) is 26.2 Å². The van der Waals surface area contributed by atoms with Crippen LogP contribution in [0.2, 0.25) is 0 Å². The zero-order valence-electron chi connectivity index (χ0n) is 10.9. The number of nitrogens with two attached hydrogens (primary N) is 1. The predicted octanol–water partition coefficient (Wildman–Crippen LogP) is 0.569. The number of amides is 1. The van der Waals surface area contributed by atoms with Crippen molar-refractivity contribution in [3.63, 3.8) is 0 Å². The molecule has 3 N–H and O–H groups in total. The lowest BCUT2D eigenvalue weighted by Gasteiger charge is -2.38. The minimum atomic E-state index is 0.187. The van der Waals surface area contributed by atoms with Gasteiger partial charge in [-0.1, -0.05) is 0 Å². The van der Waals surface area contributed by atoms with Crippen molar-refractivity contribution in [2.75, 3.05) is 32.7 Å². The van der Waals surface area contributed by atoms with E-state index in [1.54, 1.807) is 0 Å². The number of nitrogens with zero attached hydrogens (tertiary/aromatic N) is 2. The van der Waals surface area contributed by atoms with Gasteiger partial charge in [0.15, 0.2) is 0 Å². The largest absolute Gasteiger partial charge is 0.367 e. The Morgan fingerprint density at radius 3 is 2.72 bits per heavy atom. The maximum Gasteiger partial charge on any atom is 0.223 e. The molecular formula is C13H22N4O. The number of aromatic amines is 1. The summed E-state index contributed by atoms with van der Waals surface area (Å²) in [7, 11) is 0. The van der Waals surface area contributed by atoms with E-state index in [-0.39, 0.29) is 5.91 Å². The van der Waals surface area contributed by atoms with Crippen LogP contribution in [0.5, 0.6) is 0 Å². The maximum atomic E-state index is 11.7. The minimum absolute atomic E-state index is 0.187. The van der Waals surface area contributed by atoms with Gasteiger partial charge in [0.05, 0.1) is 0 Å². The number of hydrogen-bond donors (Lipinski definition) is 2. The summed E-state index contributed by atoms with van der Waals surface area (Å²) >= 11 is 0. The van der Waals surface area contributed by atoms with E-state index in [2.05, 4.69) is 22.9 Å². The zero-order valence-corrected chi connectivity index (χ0v) is 10.9. The standard InChI is InChI=1S/C13H22N4O/c1-11(12-3-5-15-10-12)16-6-8-17(9-7-16)13(18)2-4-14/h3,5,10-11,15H,2,4,6-9,14H2,1H3. The zero-order chi connectivity index (χ0) is 13.0. The number of nitrogens with one attached hydrogen (secondary N) is 1. The second-order valence-corrected chi connectivity index (χ2v) is 4.78. The molecule has 0 bridgehead atoms. The lowest BCUT2D eigenvalue weighted by molar-refractivity contribution is -0.133. The fraction of sp³-hybridized carbons (Fsp3) is 0.615. The summed E-state index contributed by atoms with van der Waals surface area (Å²) < 4.78 is 0. The number of rotatable bonds is 4. The lowest BCUT2D eigenvalue weighted by Crippen LogP contribution is -2.49. The number of carbonyl (C=O) groups excluding carboxylic acids is 1. The molecule has 18 heavy (non-hydrogen) atoms. The van der Waals surface area contributed by atoms with E-state index in [1.807, 2.05) is 17.3 Å². The average Bonchev–Trinajstić information content (AvgIpc) is 2.92. The van der Waals surface area contributed by atoms with E-state index in [9.17, 15) is 4.79 Å². The van der Waals surface area contributed by atoms with Crippen LogP contribution >= 0.6 is 0 Å². The monoisotopic (exact) mass is 250 g/mol. The van der Waals surface area contributed by atoms with Gasteiger partial charge in [-0.2, -0.15) is 0 Å². The molecule has 1 unspecified atom stereocenters. The first-order valence-electron chi connectivity index (χ1n) is 6.57. The smallest absolute Gasteiger partial charge is 0.223 e. The predicted molar refractivity (Wildman–Crippen MR) is 71.0 cm³/mol. The molecule has 1 aromatic rings. The first-order chi connectivity index (χ1) is 8.72. The van der Waals surface area contributed by atoms with Gasteiger partial charge < -0.3 is 15.6 Å². The number of hydrogen-bond acceptors (Lipinski definition) is 3. The molecule has 1 fully saturated rings. The molecule has 2 heterocycles. The Bertz CT molecular complexity index is 368. The molecule has 2 rings (SSSR count). The molecule has 0 aliphatic carbocycles. The highest BCUT2D eigenvalue weighted by molar-refractivity contribution is 5.76. The summed E-state index contributed by atoms with van der Waals surface area (Å²) in [6, 6.07) is 2.51. The fourth-order valence-corrected chi connectivity index (χ4v) is 2.45. The second kappa shape index (κ2) is 6.02. The van der Waals surface area contributed by atoms with Gasteiger partial charge in [-0.3, -0.25) is 9.69 Å². The maximum absolute atomic E-state index is 11.7. The summed E-state index contributed by atoms with van der Waals surface area (Å²) in [6.45, 7) is 6.14. The summed E-state index contributed by atoms with van der Waals surface area (Å²) in [5.41, 5.74) is 6.72. The highest BCUT2D eigenvalue weighted by Crippen LogP contribution is 2.20. The molecule has 5 nitrogen and oxygen atoms in total. The van der Waals surface area contributed by atoms with Crippen LogP contribution in [-0.2, 0) is 4.79 Å². The molecular weight excluding hydrogens is 228 g/mol. The van der Waals surface area contributed by atoms with Crippen LogP contribution in [0.15, 0.2) is 18.5 Å². The molecule has 1 aromatic heterocycles. The highest BCUT2D eigenvalue weighted by atomic mass is 16.2. The van der Waals surface area contributed by atoms with E-state index < -0.39 is 0 Å². The van der Waals surface area contributed by atoms with Gasteiger partial charge >= 0.3 is 0 Å². The molecule has 0 spiro atoms. The first kappa shape index (κ1) is 13.1. The van der Waals surface area contributed by atoms with Crippen molar-refractivity contribution in [3.05, 3.63) is 24.0 Å². The van der Waals surface area contributed by atoms with E-state index in [4.69, 9.17) is 5.73 Å². The first-order valence-corrected chi connectivity index (χ1v) is 6.57.